The first-order valence-electron chi connectivity index (χ1n) is 6.23. The molecule has 1 aromatic carbocycles. The van der Waals surface area contributed by atoms with Crippen molar-refractivity contribution < 1.29 is 4.42 Å². The molecule has 5 nitrogen and oxygen atoms in total. The van der Waals surface area contributed by atoms with Crippen molar-refractivity contribution in [2.24, 2.45) is 5.10 Å². The van der Waals surface area contributed by atoms with Crippen molar-refractivity contribution in [1.29, 1.82) is 0 Å². The zero-order chi connectivity index (χ0) is 14.5. The Labute approximate surface area is 121 Å². The lowest BCUT2D eigenvalue weighted by molar-refractivity contribution is 0.559. The van der Waals surface area contributed by atoms with E-state index in [2.05, 4.69) is 15.8 Å². The average molecular weight is 289 g/mol. The second kappa shape index (κ2) is 6.29. The van der Waals surface area contributed by atoms with Crippen LogP contribution in [-0.2, 0) is 0 Å². The standard InChI is InChI=1S/C14H15N3O2S/c1-3-15-14(20)17-16-9(2)11-8-10-6-4-5-7-12(10)19-13(11)18/h4-8H,3H2,1-2H3,(H2,15,17,20)/b16-9-. The summed E-state index contributed by atoms with van der Waals surface area (Å²) in [5, 5.41) is 8.26. The topological polar surface area (TPSA) is 66.6 Å². The first-order valence-corrected chi connectivity index (χ1v) is 6.64. The van der Waals surface area contributed by atoms with Gasteiger partial charge in [-0.05, 0) is 38.2 Å². The van der Waals surface area contributed by atoms with Gasteiger partial charge in [-0.25, -0.2) is 4.79 Å². The van der Waals surface area contributed by atoms with Crippen LogP contribution in [0.5, 0.6) is 0 Å². The minimum atomic E-state index is -0.416. The fourth-order valence-electron chi connectivity index (χ4n) is 1.71. The van der Waals surface area contributed by atoms with Gasteiger partial charge in [-0.15, -0.1) is 0 Å². The van der Waals surface area contributed by atoms with E-state index in [0.29, 0.717) is 28.5 Å². The van der Waals surface area contributed by atoms with E-state index in [1.165, 1.54) is 0 Å². The van der Waals surface area contributed by atoms with Gasteiger partial charge in [0.05, 0.1) is 11.3 Å². The van der Waals surface area contributed by atoms with Gasteiger partial charge in [0.15, 0.2) is 5.11 Å². The second-order valence-electron chi connectivity index (χ2n) is 4.15. The highest BCUT2D eigenvalue weighted by Crippen LogP contribution is 2.12. The monoisotopic (exact) mass is 289 g/mol. The summed E-state index contributed by atoms with van der Waals surface area (Å²) in [4.78, 5) is 11.9. The first kappa shape index (κ1) is 14.2. The van der Waals surface area contributed by atoms with Crippen molar-refractivity contribution in [3.05, 3.63) is 46.3 Å². The van der Waals surface area contributed by atoms with Crippen molar-refractivity contribution in [1.82, 2.24) is 10.7 Å². The van der Waals surface area contributed by atoms with Gasteiger partial charge in [0.1, 0.15) is 5.58 Å². The first-order chi connectivity index (χ1) is 9.61. The number of para-hydroxylation sites is 1. The summed E-state index contributed by atoms with van der Waals surface area (Å²) in [7, 11) is 0. The van der Waals surface area contributed by atoms with Gasteiger partial charge in [0.25, 0.3) is 0 Å². The van der Waals surface area contributed by atoms with Gasteiger partial charge in [-0.2, -0.15) is 5.10 Å². The average Bonchev–Trinajstić information content (AvgIpc) is 2.44. The molecule has 2 aromatic rings. The van der Waals surface area contributed by atoms with Gasteiger partial charge in [-0.1, -0.05) is 18.2 Å². The van der Waals surface area contributed by atoms with Crippen LogP contribution in [0.15, 0.2) is 44.6 Å². The molecule has 1 aromatic heterocycles. The second-order valence-corrected chi connectivity index (χ2v) is 4.56. The summed E-state index contributed by atoms with van der Waals surface area (Å²) in [6, 6.07) is 9.11. The summed E-state index contributed by atoms with van der Waals surface area (Å²) in [5.74, 6) is 0. The lowest BCUT2D eigenvalue weighted by Crippen LogP contribution is -2.32. The molecule has 2 rings (SSSR count). The minimum Gasteiger partial charge on any atom is -0.422 e. The number of nitrogens with one attached hydrogen (secondary N) is 2. The number of hydrazone groups is 1. The molecule has 0 spiro atoms. The molecule has 0 amide bonds. The molecule has 2 N–H and O–H groups in total. The van der Waals surface area contributed by atoms with Crippen molar-refractivity contribution in [2.75, 3.05) is 6.54 Å². The highest BCUT2D eigenvalue weighted by Gasteiger charge is 2.08. The Morgan fingerprint density at radius 2 is 2.15 bits per heavy atom. The Balaban J connectivity index is 2.32. The van der Waals surface area contributed by atoms with E-state index in [-0.39, 0.29) is 0 Å². The van der Waals surface area contributed by atoms with Crippen LogP contribution in [0.25, 0.3) is 11.0 Å². The predicted molar refractivity (Wildman–Crippen MR) is 84.1 cm³/mol. The molecule has 0 saturated heterocycles. The number of rotatable bonds is 3. The normalized spacial score (nSPS) is 11.4. The third-order valence-corrected chi connectivity index (χ3v) is 2.93. The maximum Gasteiger partial charge on any atom is 0.345 e. The minimum absolute atomic E-state index is 0.412. The molecule has 0 saturated carbocycles. The van der Waals surface area contributed by atoms with E-state index in [4.69, 9.17) is 16.6 Å². The Kier molecular flexibility index (Phi) is 4.47. The van der Waals surface area contributed by atoms with E-state index in [1.807, 2.05) is 25.1 Å². The number of thiocarbonyl (C=S) groups is 1. The van der Waals surface area contributed by atoms with Crippen LogP contribution in [-0.4, -0.2) is 17.4 Å². The van der Waals surface area contributed by atoms with Crippen molar-refractivity contribution in [3.63, 3.8) is 0 Å². The fraction of sp³-hybridized carbons (Fsp3) is 0.214. The lowest BCUT2D eigenvalue weighted by atomic mass is 10.1. The SMILES string of the molecule is CCNC(=S)N/N=C(/C)c1cc2ccccc2oc1=O. The zero-order valence-corrected chi connectivity index (χ0v) is 12.1. The molecule has 0 fully saturated rings. The zero-order valence-electron chi connectivity index (χ0n) is 11.3. The summed E-state index contributed by atoms with van der Waals surface area (Å²) in [6.45, 7) is 4.36. The molecule has 0 atom stereocenters. The van der Waals surface area contributed by atoms with Crippen LogP contribution >= 0.6 is 12.2 Å². The highest BCUT2D eigenvalue weighted by molar-refractivity contribution is 7.80. The molecule has 1 heterocycles. The van der Waals surface area contributed by atoms with E-state index in [1.54, 1.807) is 19.1 Å². The molecule has 0 radical (unpaired) electrons. The maximum atomic E-state index is 11.9. The number of nitrogens with zero attached hydrogens (tertiary/aromatic N) is 1. The maximum absolute atomic E-state index is 11.9. The van der Waals surface area contributed by atoms with Crippen LogP contribution in [0, 0.1) is 0 Å². The summed E-state index contributed by atoms with van der Waals surface area (Å²) in [5.41, 5.74) is 3.76. The van der Waals surface area contributed by atoms with Gasteiger partial charge < -0.3 is 9.73 Å². The molecule has 0 aliphatic heterocycles. The highest BCUT2D eigenvalue weighted by atomic mass is 32.1. The Bertz CT molecular complexity index is 722. The summed E-state index contributed by atoms with van der Waals surface area (Å²) < 4.78 is 5.26. The van der Waals surface area contributed by atoms with Crippen LogP contribution in [0.1, 0.15) is 19.4 Å². The van der Waals surface area contributed by atoms with Gasteiger partial charge in [0.2, 0.25) is 0 Å². The third-order valence-electron chi connectivity index (χ3n) is 2.69. The van der Waals surface area contributed by atoms with Crippen LogP contribution in [0.3, 0.4) is 0 Å². The number of benzene rings is 1. The Morgan fingerprint density at radius 1 is 1.40 bits per heavy atom. The molecule has 20 heavy (non-hydrogen) atoms. The number of hydrogen-bond donors (Lipinski definition) is 2. The van der Waals surface area contributed by atoms with Crippen LogP contribution < -0.4 is 16.4 Å². The quantitative estimate of drug-likeness (QED) is 0.391. The number of hydrogen-bond acceptors (Lipinski definition) is 4. The summed E-state index contributed by atoms with van der Waals surface area (Å²) in [6.07, 6.45) is 0. The van der Waals surface area contributed by atoms with Gasteiger partial charge in [0, 0.05) is 11.9 Å². The smallest absolute Gasteiger partial charge is 0.345 e. The molecular formula is C14H15N3O2S. The molecule has 0 bridgehead atoms. The lowest BCUT2D eigenvalue weighted by Gasteiger charge is -2.05. The number of fused-ring (bicyclic) bond motifs is 1. The third kappa shape index (κ3) is 3.21. The van der Waals surface area contributed by atoms with Crippen molar-refractivity contribution in [2.45, 2.75) is 13.8 Å². The Morgan fingerprint density at radius 3 is 2.90 bits per heavy atom. The molecule has 104 valence electrons. The van der Waals surface area contributed by atoms with Gasteiger partial charge >= 0.3 is 5.63 Å². The van der Waals surface area contributed by atoms with E-state index < -0.39 is 5.63 Å². The summed E-state index contributed by atoms with van der Waals surface area (Å²) >= 11 is 5.00. The van der Waals surface area contributed by atoms with Crippen LogP contribution in [0.4, 0.5) is 0 Å². The molecule has 6 heteroatoms. The predicted octanol–water partition coefficient (Wildman–Crippen LogP) is 2.00. The van der Waals surface area contributed by atoms with Crippen LogP contribution in [0.2, 0.25) is 0 Å². The van der Waals surface area contributed by atoms with E-state index in [9.17, 15) is 4.79 Å². The largest absolute Gasteiger partial charge is 0.422 e. The molecule has 0 aliphatic carbocycles. The molecule has 0 aliphatic rings. The van der Waals surface area contributed by atoms with Gasteiger partial charge in [-0.3, -0.25) is 5.43 Å². The molecule has 0 unspecified atom stereocenters. The van der Waals surface area contributed by atoms with Crippen molar-refractivity contribution in [3.8, 4) is 0 Å². The molecular weight excluding hydrogens is 274 g/mol. The Hall–Kier alpha value is -2.21. The fourth-order valence-corrected chi connectivity index (χ4v) is 1.90. The van der Waals surface area contributed by atoms with Crippen molar-refractivity contribution >= 4 is 34.0 Å². The van der Waals surface area contributed by atoms with E-state index in [0.717, 1.165) is 5.39 Å². The van der Waals surface area contributed by atoms with E-state index >= 15 is 0 Å².